The monoisotopic (exact) mass is 228 g/mol. The summed E-state index contributed by atoms with van der Waals surface area (Å²) in [6.45, 7) is 3.67. The van der Waals surface area contributed by atoms with Gasteiger partial charge < -0.3 is 10.4 Å². The second-order valence-electron chi connectivity index (χ2n) is 4.23. The van der Waals surface area contributed by atoms with Gasteiger partial charge in [0.25, 0.3) is 0 Å². The van der Waals surface area contributed by atoms with E-state index in [1.807, 2.05) is 49.4 Å². The molecule has 0 aliphatic carbocycles. The predicted octanol–water partition coefficient (Wildman–Crippen LogP) is 2.67. The summed E-state index contributed by atoms with van der Waals surface area (Å²) in [6.07, 6.45) is 1.70. The van der Waals surface area contributed by atoms with Crippen LogP contribution in [0.15, 0.2) is 48.7 Å². The highest BCUT2D eigenvalue weighted by Crippen LogP contribution is 2.23. The third-order valence-electron chi connectivity index (χ3n) is 2.71. The Hall–Kier alpha value is -1.87. The van der Waals surface area contributed by atoms with Crippen LogP contribution in [0.1, 0.15) is 18.1 Å². The van der Waals surface area contributed by atoms with E-state index < -0.39 is 5.72 Å². The summed E-state index contributed by atoms with van der Waals surface area (Å²) in [6, 6.07) is 13.3. The minimum atomic E-state index is -1.12. The molecule has 1 aromatic heterocycles. The number of anilines is 1. The molecule has 0 fully saturated rings. The molecule has 3 heteroatoms. The van der Waals surface area contributed by atoms with Crippen molar-refractivity contribution in [3.63, 3.8) is 0 Å². The van der Waals surface area contributed by atoms with E-state index >= 15 is 0 Å². The molecule has 0 aliphatic rings. The predicted molar refractivity (Wildman–Crippen MR) is 68.6 cm³/mol. The zero-order valence-corrected chi connectivity index (χ0v) is 10.0. The van der Waals surface area contributed by atoms with Crippen molar-refractivity contribution in [3.05, 3.63) is 59.8 Å². The van der Waals surface area contributed by atoms with Gasteiger partial charge in [-0.1, -0.05) is 36.4 Å². The van der Waals surface area contributed by atoms with Crippen LogP contribution in [0.3, 0.4) is 0 Å². The molecule has 0 amide bonds. The fourth-order valence-corrected chi connectivity index (χ4v) is 1.68. The molecule has 0 radical (unpaired) electrons. The van der Waals surface area contributed by atoms with Crippen LogP contribution in [0, 0.1) is 6.92 Å². The van der Waals surface area contributed by atoms with Crippen LogP contribution in [0.4, 0.5) is 5.82 Å². The lowest BCUT2D eigenvalue weighted by Gasteiger charge is -2.26. The number of hydrogen-bond acceptors (Lipinski definition) is 3. The Morgan fingerprint density at radius 3 is 2.47 bits per heavy atom. The van der Waals surface area contributed by atoms with Gasteiger partial charge in [0, 0.05) is 11.8 Å². The van der Waals surface area contributed by atoms with Gasteiger partial charge in [-0.15, -0.1) is 0 Å². The smallest absolute Gasteiger partial charge is 0.160 e. The second-order valence-corrected chi connectivity index (χ2v) is 4.23. The normalized spacial score (nSPS) is 14.1. The lowest BCUT2D eigenvalue weighted by molar-refractivity contribution is 0.0882. The molecule has 3 nitrogen and oxygen atoms in total. The molecule has 0 saturated carbocycles. The average molecular weight is 228 g/mol. The van der Waals surface area contributed by atoms with Gasteiger partial charge in [-0.05, 0) is 25.5 Å². The minimum Gasteiger partial charge on any atom is -0.367 e. The first kappa shape index (κ1) is 11.6. The standard InChI is InChI=1S/C14H16N2O/c1-11-7-6-10-15-13(11)16-14(2,17)12-8-4-3-5-9-12/h3-10,17H,1-2H3,(H,15,16). The lowest BCUT2D eigenvalue weighted by atomic mass is 10.0. The van der Waals surface area contributed by atoms with Crippen molar-refractivity contribution in [3.8, 4) is 0 Å². The molecular weight excluding hydrogens is 212 g/mol. The first-order valence-corrected chi connectivity index (χ1v) is 5.57. The van der Waals surface area contributed by atoms with Crippen LogP contribution in [-0.2, 0) is 5.72 Å². The third-order valence-corrected chi connectivity index (χ3v) is 2.71. The SMILES string of the molecule is Cc1cccnc1NC(C)(O)c1ccccc1. The number of hydrogen-bond donors (Lipinski definition) is 2. The third kappa shape index (κ3) is 2.63. The number of benzene rings is 1. The van der Waals surface area contributed by atoms with Crippen molar-refractivity contribution in [2.75, 3.05) is 5.32 Å². The quantitative estimate of drug-likeness (QED) is 0.794. The fourth-order valence-electron chi connectivity index (χ4n) is 1.68. The molecule has 88 valence electrons. The van der Waals surface area contributed by atoms with Crippen molar-refractivity contribution in [1.82, 2.24) is 4.98 Å². The lowest BCUT2D eigenvalue weighted by Crippen LogP contribution is -2.32. The Morgan fingerprint density at radius 2 is 1.82 bits per heavy atom. The highest BCUT2D eigenvalue weighted by atomic mass is 16.3. The Balaban J connectivity index is 2.27. The summed E-state index contributed by atoms with van der Waals surface area (Å²) in [5.74, 6) is 0.696. The molecular formula is C14H16N2O. The molecule has 2 aromatic rings. The van der Waals surface area contributed by atoms with E-state index in [4.69, 9.17) is 0 Å². The fraction of sp³-hybridized carbons (Fsp3) is 0.214. The molecule has 0 spiro atoms. The highest BCUT2D eigenvalue weighted by molar-refractivity contribution is 5.46. The minimum absolute atomic E-state index is 0.696. The van der Waals surface area contributed by atoms with Gasteiger partial charge in [-0.25, -0.2) is 4.98 Å². The summed E-state index contributed by atoms with van der Waals surface area (Å²) in [5, 5.41) is 13.5. The highest BCUT2D eigenvalue weighted by Gasteiger charge is 2.23. The average Bonchev–Trinajstić information content (AvgIpc) is 2.33. The van der Waals surface area contributed by atoms with E-state index in [0.717, 1.165) is 11.1 Å². The largest absolute Gasteiger partial charge is 0.367 e. The number of pyridine rings is 1. The van der Waals surface area contributed by atoms with E-state index in [1.165, 1.54) is 0 Å². The Labute approximate surface area is 101 Å². The molecule has 2 N–H and O–H groups in total. The summed E-state index contributed by atoms with van der Waals surface area (Å²) in [7, 11) is 0. The van der Waals surface area contributed by atoms with Gasteiger partial charge in [0.05, 0.1) is 0 Å². The summed E-state index contributed by atoms with van der Waals surface area (Å²) >= 11 is 0. The molecule has 0 bridgehead atoms. The van der Waals surface area contributed by atoms with Gasteiger partial charge >= 0.3 is 0 Å². The van der Waals surface area contributed by atoms with Crippen LogP contribution in [0.2, 0.25) is 0 Å². The van der Waals surface area contributed by atoms with Crippen LogP contribution in [0.5, 0.6) is 0 Å². The molecule has 1 unspecified atom stereocenters. The van der Waals surface area contributed by atoms with E-state index in [9.17, 15) is 5.11 Å². The van der Waals surface area contributed by atoms with Gasteiger partial charge in [0.2, 0.25) is 0 Å². The van der Waals surface area contributed by atoms with Crippen molar-refractivity contribution < 1.29 is 5.11 Å². The van der Waals surface area contributed by atoms with Crippen LogP contribution in [-0.4, -0.2) is 10.1 Å². The van der Waals surface area contributed by atoms with Gasteiger partial charge in [0.15, 0.2) is 5.72 Å². The van der Waals surface area contributed by atoms with Crippen molar-refractivity contribution in [1.29, 1.82) is 0 Å². The maximum Gasteiger partial charge on any atom is 0.160 e. The molecule has 1 atom stereocenters. The Morgan fingerprint density at radius 1 is 1.12 bits per heavy atom. The van der Waals surface area contributed by atoms with Gasteiger partial charge in [0.1, 0.15) is 5.82 Å². The van der Waals surface area contributed by atoms with Crippen molar-refractivity contribution in [2.24, 2.45) is 0 Å². The molecule has 0 aliphatic heterocycles. The number of nitrogens with one attached hydrogen (secondary N) is 1. The zero-order valence-electron chi connectivity index (χ0n) is 10.0. The van der Waals surface area contributed by atoms with Crippen LogP contribution < -0.4 is 5.32 Å². The maximum atomic E-state index is 10.4. The molecule has 17 heavy (non-hydrogen) atoms. The Bertz CT molecular complexity index is 495. The van der Waals surface area contributed by atoms with Crippen molar-refractivity contribution in [2.45, 2.75) is 19.6 Å². The number of nitrogens with zero attached hydrogens (tertiary/aromatic N) is 1. The van der Waals surface area contributed by atoms with Crippen LogP contribution in [0.25, 0.3) is 0 Å². The first-order chi connectivity index (χ1) is 8.09. The van der Waals surface area contributed by atoms with E-state index in [-0.39, 0.29) is 0 Å². The summed E-state index contributed by atoms with van der Waals surface area (Å²) in [5.41, 5.74) is 0.689. The van der Waals surface area contributed by atoms with Gasteiger partial charge in [-0.3, -0.25) is 0 Å². The topological polar surface area (TPSA) is 45.2 Å². The summed E-state index contributed by atoms with van der Waals surface area (Å²) in [4.78, 5) is 4.22. The number of aliphatic hydroxyl groups is 1. The maximum absolute atomic E-state index is 10.4. The molecule has 1 heterocycles. The molecule has 1 aromatic carbocycles. The first-order valence-electron chi connectivity index (χ1n) is 5.57. The Kier molecular flexibility index (Phi) is 3.11. The van der Waals surface area contributed by atoms with E-state index in [0.29, 0.717) is 5.82 Å². The molecule has 0 saturated heterocycles. The van der Waals surface area contributed by atoms with E-state index in [2.05, 4.69) is 10.3 Å². The van der Waals surface area contributed by atoms with Crippen LogP contribution >= 0.6 is 0 Å². The zero-order chi connectivity index (χ0) is 12.3. The molecule has 2 rings (SSSR count). The second kappa shape index (κ2) is 4.55. The van der Waals surface area contributed by atoms with Gasteiger partial charge in [-0.2, -0.15) is 0 Å². The summed E-state index contributed by atoms with van der Waals surface area (Å²) < 4.78 is 0. The van der Waals surface area contributed by atoms with Crippen molar-refractivity contribution >= 4 is 5.82 Å². The van der Waals surface area contributed by atoms with E-state index in [1.54, 1.807) is 13.1 Å². The number of aryl methyl sites for hydroxylation is 1. The number of aromatic nitrogens is 1. The number of rotatable bonds is 3.